The SMILES string of the molecule is CCCCC(NC(=O)N(C)CC(C)O)C(=O)O. The third kappa shape index (κ3) is 6.78. The molecule has 0 aromatic carbocycles. The summed E-state index contributed by atoms with van der Waals surface area (Å²) in [6, 6.07) is -1.34. The molecule has 6 heteroatoms. The van der Waals surface area contributed by atoms with Crippen molar-refractivity contribution in [3.63, 3.8) is 0 Å². The number of nitrogens with one attached hydrogen (secondary N) is 1. The van der Waals surface area contributed by atoms with Crippen LogP contribution >= 0.6 is 0 Å². The predicted molar refractivity (Wildman–Crippen MR) is 63.8 cm³/mol. The summed E-state index contributed by atoms with van der Waals surface area (Å²) in [5.74, 6) is -1.03. The molecule has 3 N–H and O–H groups in total. The van der Waals surface area contributed by atoms with Crippen LogP contribution in [0.25, 0.3) is 0 Å². The first-order chi connectivity index (χ1) is 7.88. The van der Waals surface area contributed by atoms with Crippen molar-refractivity contribution >= 4 is 12.0 Å². The molecule has 0 fully saturated rings. The van der Waals surface area contributed by atoms with Gasteiger partial charge >= 0.3 is 12.0 Å². The van der Waals surface area contributed by atoms with E-state index < -0.39 is 24.1 Å². The Hall–Kier alpha value is -1.30. The van der Waals surface area contributed by atoms with Gasteiger partial charge in [0, 0.05) is 13.6 Å². The molecule has 0 aromatic rings. The van der Waals surface area contributed by atoms with Gasteiger partial charge in [0.05, 0.1) is 6.10 Å². The van der Waals surface area contributed by atoms with Crippen LogP contribution in [-0.2, 0) is 4.79 Å². The Labute approximate surface area is 102 Å². The summed E-state index contributed by atoms with van der Waals surface area (Å²) in [6.45, 7) is 3.70. The number of urea groups is 1. The number of unbranched alkanes of at least 4 members (excludes halogenated alkanes) is 1. The largest absolute Gasteiger partial charge is 0.480 e. The van der Waals surface area contributed by atoms with E-state index in [9.17, 15) is 9.59 Å². The lowest BCUT2D eigenvalue weighted by Crippen LogP contribution is -2.48. The summed E-state index contributed by atoms with van der Waals surface area (Å²) in [4.78, 5) is 23.8. The summed E-state index contributed by atoms with van der Waals surface area (Å²) < 4.78 is 0. The van der Waals surface area contributed by atoms with Crippen molar-refractivity contribution in [1.29, 1.82) is 0 Å². The molecule has 0 aliphatic carbocycles. The topological polar surface area (TPSA) is 89.9 Å². The minimum Gasteiger partial charge on any atom is -0.480 e. The lowest BCUT2D eigenvalue weighted by molar-refractivity contribution is -0.139. The Morgan fingerprint density at radius 3 is 2.41 bits per heavy atom. The van der Waals surface area contributed by atoms with Gasteiger partial charge in [0.2, 0.25) is 0 Å². The van der Waals surface area contributed by atoms with Gasteiger partial charge in [-0.3, -0.25) is 0 Å². The van der Waals surface area contributed by atoms with Crippen molar-refractivity contribution in [2.45, 2.75) is 45.3 Å². The van der Waals surface area contributed by atoms with Gasteiger partial charge in [0.1, 0.15) is 6.04 Å². The van der Waals surface area contributed by atoms with Gasteiger partial charge in [0.25, 0.3) is 0 Å². The number of aliphatic carboxylic acids is 1. The van der Waals surface area contributed by atoms with Crippen LogP contribution < -0.4 is 5.32 Å². The third-order valence-electron chi connectivity index (χ3n) is 2.33. The zero-order chi connectivity index (χ0) is 13.4. The van der Waals surface area contributed by atoms with Gasteiger partial charge in [-0.1, -0.05) is 19.8 Å². The molecule has 0 spiro atoms. The van der Waals surface area contributed by atoms with E-state index in [2.05, 4.69) is 5.32 Å². The second kappa shape index (κ2) is 7.89. The zero-order valence-electron chi connectivity index (χ0n) is 10.6. The highest BCUT2D eigenvalue weighted by atomic mass is 16.4. The molecule has 17 heavy (non-hydrogen) atoms. The summed E-state index contributed by atoms with van der Waals surface area (Å²) >= 11 is 0. The first kappa shape index (κ1) is 15.7. The number of nitrogens with zero attached hydrogens (tertiary/aromatic N) is 1. The molecule has 2 unspecified atom stereocenters. The molecule has 0 aliphatic heterocycles. The highest BCUT2D eigenvalue weighted by Gasteiger charge is 2.21. The number of carboxylic acid groups (broad SMARTS) is 1. The predicted octanol–water partition coefficient (Wildman–Crippen LogP) is 0.652. The Balaban J connectivity index is 4.24. The fourth-order valence-corrected chi connectivity index (χ4v) is 1.40. The van der Waals surface area contributed by atoms with E-state index in [1.54, 1.807) is 6.92 Å². The second-order valence-corrected chi connectivity index (χ2v) is 4.21. The van der Waals surface area contributed by atoms with Crippen LogP contribution in [0.1, 0.15) is 33.1 Å². The molecule has 0 saturated heterocycles. The summed E-state index contributed by atoms with van der Waals surface area (Å²) in [5, 5.41) is 20.5. The Morgan fingerprint density at radius 1 is 1.41 bits per heavy atom. The van der Waals surface area contributed by atoms with Crippen LogP contribution in [0.3, 0.4) is 0 Å². The molecule has 0 heterocycles. The summed E-state index contributed by atoms with van der Waals surface area (Å²) in [5.41, 5.74) is 0. The quantitative estimate of drug-likeness (QED) is 0.615. The maximum atomic E-state index is 11.6. The Kier molecular flexibility index (Phi) is 7.29. The number of carbonyl (C=O) groups is 2. The monoisotopic (exact) mass is 246 g/mol. The van der Waals surface area contributed by atoms with Crippen LogP contribution in [0, 0.1) is 0 Å². The van der Waals surface area contributed by atoms with E-state index in [4.69, 9.17) is 10.2 Å². The lowest BCUT2D eigenvalue weighted by Gasteiger charge is -2.22. The highest BCUT2D eigenvalue weighted by molar-refractivity contribution is 5.82. The third-order valence-corrected chi connectivity index (χ3v) is 2.33. The smallest absolute Gasteiger partial charge is 0.326 e. The molecule has 0 rings (SSSR count). The highest BCUT2D eigenvalue weighted by Crippen LogP contribution is 2.02. The average molecular weight is 246 g/mol. The van der Waals surface area contributed by atoms with Crippen molar-refractivity contribution in [2.75, 3.05) is 13.6 Å². The molecule has 0 saturated carbocycles. The van der Waals surface area contributed by atoms with Crippen LogP contribution in [0.4, 0.5) is 4.79 Å². The van der Waals surface area contributed by atoms with Gasteiger partial charge in [-0.2, -0.15) is 0 Å². The van der Waals surface area contributed by atoms with Gasteiger partial charge in [-0.05, 0) is 13.3 Å². The van der Waals surface area contributed by atoms with Gasteiger partial charge in [-0.25, -0.2) is 9.59 Å². The maximum Gasteiger partial charge on any atom is 0.326 e. The Bertz CT molecular complexity index is 256. The van der Waals surface area contributed by atoms with Crippen LogP contribution in [0.15, 0.2) is 0 Å². The van der Waals surface area contributed by atoms with E-state index in [1.807, 2.05) is 6.92 Å². The number of carbonyl (C=O) groups excluding carboxylic acids is 1. The van der Waals surface area contributed by atoms with Crippen molar-refractivity contribution in [3.8, 4) is 0 Å². The number of likely N-dealkylation sites (N-methyl/N-ethyl adjacent to an activating group) is 1. The van der Waals surface area contributed by atoms with Crippen molar-refractivity contribution in [3.05, 3.63) is 0 Å². The average Bonchev–Trinajstić information content (AvgIpc) is 2.22. The molecule has 2 atom stereocenters. The number of hydrogen-bond acceptors (Lipinski definition) is 3. The standard InChI is InChI=1S/C11H22N2O4/c1-4-5-6-9(10(15)16)12-11(17)13(3)7-8(2)14/h8-9,14H,4-7H2,1-3H3,(H,12,17)(H,15,16). The number of hydrogen-bond donors (Lipinski definition) is 3. The summed E-state index contributed by atoms with van der Waals surface area (Å²) in [6.07, 6.45) is 1.41. The fourth-order valence-electron chi connectivity index (χ4n) is 1.40. The van der Waals surface area contributed by atoms with Crippen molar-refractivity contribution in [1.82, 2.24) is 10.2 Å². The first-order valence-corrected chi connectivity index (χ1v) is 5.81. The van der Waals surface area contributed by atoms with Gasteiger partial charge in [-0.15, -0.1) is 0 Å². The van der Waals surface area contributed by atoms with Crippen LogP contribution in [0.2, 0.25) is 0 Å². The normalized spacial score (nSPS) is 13.9. The van der Waals surface area contributed by atoms with Crippen molar-refractivity contribution in [2.24, 2.45) is 0 Å². The van der Waals surface area contributed by atoms with E-state index in [0.717, 1.165) is 12.8 Å². The molecule has 2 amide bonds. The molecule has 100 valence electrons. The molecular formula is C11H22N2O4. The Morgan fingerprint density at radius 2 is 2.00 bits per heavy atom. The maximum absolute atomic E-state index is 11.6. The molecule has 0 aromatic heterocycles. The molecule has 0 aliphatic rings. The molecule has 6 nitrogen and oxygen atoms in total. The number of aliphatic hydroxyl groups excluding tert-OH is 1. The van der Waals surface area contributed by atoms with E-state index in [0.29, 0.717) is 6.42 Å². The van der Waals surface area contributed by atoms with Crippen LogP contribution in [0.5, 0.6) is 0 Å². The number of amides is 2. The first-order valence-electron chi connectivity index (χ1n) is 5.81. The summed E-state index contributed by atoms with van der Waals surface area (Å²) in [7, 11) is 1.51. The van der Waals surface area contributed by atoms with Gasteiger partial charge < -0.3 is 20.4 Å². The number of aliphatic hydroxyl groups is 1. The lowest BCUT2D eigenvalue weighted by atomic mass is 10.1. The van der Waals surface area contributed by atoms with E-state index in [-0.39, 0.29) is 6.54 Å². The second-order valence-electron chi connectivity index (χ2n) is 4.21. The molecular weight excluding hydrogens is 224 g/mol. The zero-order valence-corrected chi connectivity index (χ0v) is 10.6. The van der Waals surface area contributed by atoms with Crippen molar-refractivity contribution < 1.29 is 19.8 Å². The fraction of sp³-hybridized carbons (Fsp3) is 0.818. The van der Waals surface area contributed by atoms with E-state index in [1.165, 1.54) is 11.9 Å². The van der Waals surface area contributed by atoms with Gasteiger partial charge in [0.15, 0.2) is 0 Å². The number of carboxylic acids is 1. The van der Waals surface area contributed by atoms with Crippen LogP contribution in [-0.4, -0.2) is 52.9 Å². The number of rotatable bonds is 7. The molecule has 0 radical (unpaired) electrons. The van der Waals surface area contributed by atoms with E-state index >= 15 is 0 Å². The molecule has 0 bridgehead atoms. The minimum absolute atomic E-state index is 0.173. The minimum atomic E-state index is -1.03.